The van der Waals surface area contributed by atoms with E-state index in [2.05, 4.69) is 71.7 Å². The zero-order valence-corrected chi connectivity index (χ0v) is 19.9. The van der Waals surface area contributed by atoms with E-state index in [1.165, 1.54) is 16.7 Å². The molecule has 2 aromatic heterocycles. The molecule has 2 aromatic carbocycles. The van der Waals surface area contributed by atoms with Gasteiger partial charge in [0.1, 0.15) is 0 Å². The minimum Gasteiger partial charge on any atom is -0.297 e. The van der Waals surface area contributed by atoms with Crippen LogP contribution in [0.1, 0.15) is 53.5 Å². The predicted molar refractivity (Wildman–Crippen MR) is 128 cm³/mol. The Kier molecular flexibility index (Phi) is 5.64. The van der Waals surface area contributed by atoms with Gasteiger partial charge in [0.2, 0.25) is 5.13 Å². The minimum absolute atomic E-state index is 0.0374. The van der Waals surface area contributed by atoms with Gasteiger partial charge < -0.3 is 0 Å². The van der Waals surface area contributed by atoms with Gasteiger partial charge in [-0.2, -0.15) is 9.36 Å². The molecule has 32 heavy (non-hydrogen) atoms. The maximum atomic E-state index is 12.6. The van der Waals surface area contributed by atoms with Crippen molar-refractivity contribution in [3.8, 4) is 17.2 Å². The van der Waals surface area contributed by atoms with Crippen molar-refractivity contribution in [3.63, 3.8) is 0 Å². The van der Waals surface area contributed by atoms with E-state index in [9.17, 15) is 4.79 Å². The number of amides is 1. The first-order valence-corrected chi connectivity index (χ1v) is 11.2. The summed E-state index contributed by atoms with van der Waals surface area (Å²) in [6.07, 6.45) is 0. The second-order valence-electron chi connectivity index (χ2n) is 8.91. The molecule has 0 bridgehead atoms. The fraction of sp³-hybridized carbons (Fsp3) is 0.292. The standard InChI is InChI=1S/C24H26N6OS/c1-14-7-12-19(13-15(14)2)30-16(3)20(27-29-30)21-25-23(32-28-21)26-22(31)17-8-10-18(11-9-17)24(4,5)6/h7-13H,1-6H3,(H,25,26,28,31). The van der Waals surface area contributed by atoms with Crippen molar-refractivity contribution < 1.29 is 4.79 Å². The number of rotatable bonds is 4. The average Bonchev–Trinajstić information content (AvgIpc) is 3.36. The predicted octanol–water partition coefficient (Wildman–Crippen LogP) is 5.26. The summed E-state index contributed by atoms with van der Waals surface area (Å²) in [5.41, 5.74) is 6.56. The zero-order valence-electron chi connectivity index (χ0n) is 19.1. The fourth-order valence-electron chi connectivity index (χ4n) is 3.30. The molecule has 0 aliphatic rings. The van der Waals surface area contributed by atoms with Crippen molar-refractivity contribution in [2.75, 3.05) is 5.32 Å². The van der Waals surface area contributed by atoms with Crippen LogP contribution < -0.4 is 5.32 Å². The summed E-state index contributed by atoms with van der Waals surface area (Å²) < 4.78 is 6.15. The topological polar surface area (TPSA) is 85.6 Å². The first kappa shape index (κ1) is 21.8. The van der Waals surface area contributed by atoms with E-state index in [4.69, 9.17) is 0 Å². The van der Waals surface area contributed by atoms with Gasteiger partial charge in [-0.05, 0) is 67.1 Å². The van der Waals surface area contributed by atoms with Crippen LogP contribution >= 0.6 is 11.5 Å². The highest BCUT2D eigenvalue weighted by Crippen LogP contribution is 2.25. The van der Waals surface area contributed by atoms with E-state index >= 15 is 0 Å². The van der Waals surface area contributed by atoms with Crippen molar-refractivity contribution in [2.45, 2.75) is 47.0 Å². The Morgan fingerprint density at radius 3 is 2.38 bits per heavy atom. The second kappa shape index (κ2) is 8.27. The maximum absolute atomic E-state index is 12.6. The van der Waals surface area contributed by atoms with Gasteiger partial charge in [0.25, 0.3) is 5.91 Å². The summed E-state index contributed by atoms with van der Waals surface area (Å²) in [7, 11) is 0. The number of anilines is 1. The van der Waals surface area contributed by atoms with E-state index in [0.717, 1.165) is 22.9 Å². The third-order valence-corrected chi connectivity index (χ3v) is 6.13. The van der Waals surface area contributed by atoms with Gasteiger partial charge in [-0.3, -0.25) is 10.1 Å². The Labute approximate surface area is 191 Å². The first-order valence-electron chi connectivity index (χ1n) is 10.4. The molecule has 0 saturated carbocycles. The van der Waals surface area contributed by atoms with Crippen LogP contribution in [0.25, 0.3) is 17.2 Å². The lowest BCUT2D eigenvalue weighted by molar-refractivity contribution is 0.102. The van der Waals surface area contributed by atoms with Crippen LogP contribution in [0.5, 0.6) is 0 Å². The van der Waals surface area contributed by atoms with Crippen molar-refractivity contribution >= 4 is 22.6 Å². The fourth-order valence-corrected chi connectivity index (χ4v) is 3.87. The third-order valence-electron chi connectivity index (χ3n) is 5.50. The molecular weight excluding hydrogens is 420 g/mol. The highest BCUT2D eigenvalue weighted by Gasteiger charge is 2.19. The van der Waals surface area contributed by atoms with Crippen LogP contribution in [0.3, 0.4) is 0 Å². The smallest absolute Gasteiger partial charge is 0.257 e. The van der Waals surface area contributed by atoms with E-state index in [1.807, 2.05) is 37.3 Å². The Bertz CT molecular complexity index is 1280. The minimum atomic E-state index is -0.219. The third kappa shape index (κ3) is 4.31. The van der Waals surface area contributed by atoms with Crippen LogP contribution in [-0.2, 0) is 5.41 Å². The zero-order chi connectivity index (χ0) is 23.0. The monoisotopic (exact) mass is 446 g/mol. The van der Waals surface area contributed by atoms with Gasteiger partial charge in [0.05, 0.1) is 11.4 Å². The van der Waals surface area contributed by atoms with Gasteiger partial charge >= 0.3 is 0 Å². The van der Waals surface area contributed by atoms with E-state index < -0.39 is 0 Å². The molecule has 1 N–H and O–H groups in total. The Morgan fingerprint density at radius 1 is 1.00 bits per heavy atom. The molecule has 0 aliphatic carbocycles. The van der Waals surface area contributed by atoms with Gasteiger partial charge in [0.15, 0.2) is 11.5 Å². The molecule has 1 amide bonds. The van der Waals surface area contributed by atoms with Gasteiger partial charge in [-0.25, -0.2) is 4.68 Å². The summed E-state index contributed by atoms with van der Waals surface area (Å²) in [4.78, 5) is 17.1. The van der Waals surface area contributed by atoms with Gasteiger partial charge in [-0.1, -0.05) is 44.2 Å². The van der Waals surface area contributed by atoms with Crippen molar-refractivity contribution in [2.24, 2.45) is 0 Å². The second-order valence-corrected chi connectivity index (χ2v) is 9.66. The lowest BCUT2D eigenvalue weighted by Crippen LogP contribution is -2.14. The first-order chi connectivity index (χ1) is 15.1. The SMILES string of the molecule is Cc1ccc(-n2nnc(-c3nsc(NC(=O)c4ccc(C(C)(C)C)cc4)n3)c2C)cc1C. The Morgan fingerprint density at radius 2 is 1.72 bits per heavy atom. The average molecular weight is 447 g/mol. The summed E-state index contributed by atoms with van der Waals surface area (Å²) >= 11 is 1.12. The summed E-state index contributed by atoms with van der Waals surface area (Å²) in [6.45, 7) is 12.5. The maximum Gasteiger partial charge on any atom is 0.257 e. The number of benzene rings is 2. The van der Waals surface area contributed by atoms with Crippen LogP contribution in [-0.4, -0.2) is 30.3 Å². The number of carbonyl (C=O) groups is 1. The molecule has 0 aliphatic heterocycles. The van der Waals surface area contributed by atoms with Crippen molar-refractivity contribution in [1.82, 2.24) is 24.4 Å². The molecular formula is C24H26N6OS. The van der Waals surface area contributed by atoms with E-state index in [1.54, 1.807) is 4.68 Å². The molecule has 4 aromatic rings. The molecule has 0 saturated heterocycles. The normalized spacial score (nSPS) is 11.6. The lowest BCUT2D eigenvalue weighted by Gasteiger charge is -2.18. The number of aryl methyl sites for hydroxylation is 2. The molecule has 0 unspecified atom stereocenters. The van der Waals surface area contributed by atoms with Crippen LogP contribution in [0.4, 0.5) is 5.13 Å². The van der Waals surface area contributed by atoms with Crippen LogP contribution in [0.2, 0.25) is 0 Å². The van der Waals surface area contributed by atoms with Gasteiger partial charge in [0, 0.05) is 17.1 Å². The highest BCUT2D eigenvalue weighted by molar-refractivity contribution is 7.10. The van der Waals surface area contributed by atoms with Crippen molar-refractivity contribution in [1.29, 1.82) is 0 Å². The summed E-state index contributed by atoms with van der Waals surface area (Å²) in [6, 6.07) is 13.8. The highest BCUT2D eigenvalue weighted by atomic mass is 32.1. The molecule has 164 valence electrons. The number of nitrogens with one attached hydrogen (secondary N) is 1. The number of hydrogen-bond acceptors (Lipinski definition) is 6. The summed E-state index contributed by atoms with van der Waals surface area (Å²) in [5, 5.41) is 11.8. The summed E-state index contributed by atoms with van der Waals surface area (Å²) in [5.74, 6) is 0.227. The molecule has 0 fully saturated rings. The van der Waals surface area contributed by atoms with Gasteiger partial charge in [-0.15, -0.1) is 5.10 Å². The molecule has 7 nitrogen and oxygen atoms in total. The largest absolute Gasteiger partial charge is 0.297 e. The molecule has 0 spiro atoms. The van der Waals surface area contributed by atoms with E-state index in [0.29, 0.717) is 22.2 Å². The molecule has 0 atom stereocenters. The van der Waals surface area contributed by atoms with Crippen LogP contribution in [0, 0.1) is 20.8 Å². The molecule has 4 rings (SSSR count). The quantitative estimate of drug-likeness (QED) is 0.462. The van der Waals surface area contributed by atoms with Crippen LogP contribution in [0.15, 0.2) is 42.5 Å². The Balaban J connectivity index is 1.52. The van der Waals surface area contributed by atoms with Crippen molar-refractivity contribution in [3.05, 3.63) is 70.4 Å². The number of aromatic nitrogens is 5. The molecule has 0 radical (unpaired) electrons. The number of hydrogen-bond donors (Lipinski definition) is 1. The van der Waals surface area contributed by atoms with E-state index in [-0.39, 0.29) is 11.3 Å². The number of carbonyl (C=O) groups excluding carboxylic acids is 1. The Hall–Kier alpha value is -3.39. The number of nitrogens with zero attached hydrogens (tertiary/aromatic N) is 5. The molecule has 8 heteroatoms. The molecule has 2 heterocycles. The lowest BCUT2D eigenvalue weighted by atomic mass is 9.87.